The SMILES string of the molecule is COc1ccccc1CS[C@@H](C)c1nc2scc(-c3cccs3)c2c(=O)[nH]1. The van der Waals surface area contributed by atoms with Crippen LogP contribution in [-0.2, 0) is 5.75 Å². The van der Waals surface area contributed by atoms with Crippen LogP contribution < -0.4 is 10.3 Å². The van der Waals surface area contributed by atoms with Gasteiger partial charge in [0.15, 0.2) is 0 Å². The molecule has 0 saturated carbocycles. The summed E-state index contributed by atoms with van der Waals surface area (Å²) >= 11 is 4.89. The number of nitrogens with zero attached hydrogens (tertiary/aromatic N) is 1. The highest BCUT2D eigenvalue weighted by Crippen LogP contribution is 2.36. The van der Waals surface area contributed by atoms with Crippen LogP contribution in [0.3, 0.4) is 0 Å². The molecule has 0 aliphatic heterocycles. The summed E-state index contributed by atoms with van der Waals surface area (Å²) in [5.74, 6) is 2.39. The lowest BCUT2D eigenvalue weighted by molar-refractivity contribution is 0.411. The third-order valence-corrected chi connectivity index (χ3v) is 7.29. The number of para-hydroxylation sites is 1. The number of nitrogens with one attached hydrogen (secondary N) is 1. The Morgan fingerprint density at radius 2 is 2.07 bits per heavy atom. The molecule has 27 heavy (non-hydrogen) atoms. The average molecular weight is 415 g/mol. The molecule has 0 radical (unpaired) electrons. The third kappa shape index (κ3) is 3.67. The van der Waals surface area contributed by atoms with E-state index in [1.807, 2.05) is 41.1 Å². The van der Waals surface area contributed by atoms with Gasteiger partial charge in [-0.2, -0.15) is 0 Å². The summed E-state index contributed by atoms with van der Waals surface area (Å²) in [6, 6.07) is 12.0. The zero-order valence-corrected chi connectivity index (χ0v) is 17.3. The van der Waals surface area contributed by atoms with E-state index in [2.05, 4.69) is 18.0 Å². The number of thioether (sulfide) groups is 1. The number of rotatable bonds is 6. The van der Waals surface area contributed by atoms with Crippen molar-refractivity contribution < 1.29 is 4.74 Å². The van der Waals surface area contributed by atoms with Gasteiger partial charge in [-0.3, -0.25) is 4.79 Å². The van der Waals surface area contributed by atoms with E-state index in [4.69, 9.17) is 9.72 Å². The van der Waals surface area contributed by atoms with Crippen LogP contribution in [0, 0.1) is 0 Å². The molecule has 138 valence electrons. The molecular weight excluding hydrogens is 396 g/mol. The zero-order valence-electron chi connectivity index (χ0n) is 14.9. The molecular formula is C20H18N2O2S3. The van der Waals surface area contributed by atoms with E-state index in [1.165, 1.54) is 11.3 Å². The molecule has 3 heterocycles. The maximum atomic E-state index is 12.7. The van der Waals surface area contributed by atoms with Crippen molar-refractivity contribution in [3.05, 3.63) is 68.9 Å². The molecule has 1 N–H and O–H groups in total. The molecule has 0 saturated heterocycles. The van der Waals surface area contributed by atoms with E-state index in [9.17, 15) is 4.79 Å². The summed E-state index contributed by atoms with van der Waals surface area (Å²) < 4.78 is 5.41. The highest BCUT2D eigenvalue weighted by molar-refractivity contribution is 7.98. The molecule has 0 unspecified atom stereocenters. The van der Waals surface area contributed by atoms with Crippen LogP contribution in [0.1, 0.15) is 23.6 Å². The van der Waals surface area contributed by atoms with Gasteiger partial charge < -0.3 is 9.72 Å². The average Bonchev–Trinajstić information content (AvgIpc) is 3.35. The van der Waals surface area contributed by atoms with E-state index in [1.54, 1.807) is 30.2 Å². The number of H-pyrrole nitrogens is 1. The molecule has 4 aromatic rings. The van der Waals surface area contributed by atoms with Gasteiger partial charge in [0.1, 0.15) is 16.4 Å². The van der Waals surface area contributed by atoms with Crippen LogP contribution in [0.25, 0.3) is 20.7 Å². The molecule has 4 rings (SSSR count). The normalized spacial score (nSPS) is 12.4. The lowest BCUT2D eigenvalue weighted by Gasteiger charge is -2.12. The summed E-state index contributed by atoms with van der Waals surface area (Å²) in [7, 11) is 1.68. The molecule has 3 aromatic heterocycles. The molecule has 7 heteroatoms. The standard InChI is InChI=1S/C20H18N2O2S3/c1-12(26-10-13-6-3-4-7-15(13)24-2)18-21-19(23)17-14(11-27-20(17)22-18)16-8-5-9-25-16/h3-9,11-12H,10H2,1-2H3,(H,21,22,23)/t12-/m0/s1. The fraction of sp³-hybridized carbons (Fsp3) is 0.200. The summed E-state index contributed by atoms with van der Waals surface area (Å²) in [5.41, 5.74) is 2.04. The first-order chi connectivity index (χ1) is 13.2. The van der Waals surface area contributed by atoms with Gasteiger partial charge in [-0.1, -0.05) is 24.3 Å². The number of ether oxygens (including phenoxy) is 1. The maximum absolute atomic E-state index is 12.7. The van der Waals surface area contributed by atoms with Gasteiger partial charge in [0.2, 0.25) is 0 Å². The number of methoxy groups -OCH3 is 1. The number of benzene rings is 1. The third-order valence-electron chi connectivity index (χ3n) is 4.32. The topological polar surface area (TPSA) is 55.0 Å². The van der Waals surface area contributed by atoms with Crippen molar-refractivity contribution in [1.29, 1.82) is 0 Å². The monoisotopic (exact) mass is 414 g/mol. The highest BCUT2D eigenvalue weighted by Gasteiger charge is 2.17. The van der Waals surface area contributed by atoms with Gasteiger partial charge in [-0.05, 0) is 24.4 Å². The molecule has 1 aromatic carbocycles. The minimum Gasteiger partial charge on any atom is -0.496 e. The van der Waals surface area contributed by atoms with Crippen LogP contribution in [0.2, 0.25) is 0 Å². The number of fused-ring (bicyclic) bond motifs is 1. The first-order valence-electron chi connectivity index (χ1n) is 8.46. The molecule has 0 bridgehead atoms. The summed E-state index contributed by atoms with van der Waals surface area (Å²) in [4.78, 5) is 22.4. The Morgan fingerprint density at radius 1 is 1.22 bits per heavy atom. The molecule has 0 aliphatic carbocycles. The Bertz CT molecular complexity index is 1120. The van der Waals surface area contributed by atoms with Gasteiger partial charge in [0.05, 0.1) is 17.7 Å². The predicted octanol–water partition coefficient (Wildman–Crippen LogP) is 5.72. The van der Waals surface area contributed by atoms with Gasteiger partial charge in [-0.25, -0.2) is 4.98 Å². The zero-order chi connectivity index (χ0) is 18.8. The van der Waals surface area contributed by atoms with Crippen LogP contribution in [-0.4, -0.2) is 17.1 Å². The van der Waals surface area contributed by atoms with Crippen LogP contribution >= 0.6 is 34.4 Å². The van der Waals surface area contributed by atoms with Crippen LogP contribution in [0.4, 0.5) is 0 Å². The molecule has 0 spiro atoms. The molecule has 0 amide bonds. The quantitative estimate of drug-likeness (QED) is 0.439. The van der Waals surface area contributed by atoms with Crippen molar-refractivity contribution in [2.45, 2.75) is 17.9 Å². The molecule has 1 atom stereocenters. The fourth-order valence-electron chi connectivity index (χ4n) is 2.89. The number of hydrogen-bond acceptors (Lipinski definition) is 6. The minimum absolute atomic E-state index is 0.0654. The lowest BCUT2D eigenvalue weighted by atomic mass is 10.2. The second-order valence-corrected chi connectivity index (χ2v) is 9.16. The molecule has 4 nitrogen and oxygen atoms in total. The number of aromatic nitrogens is 2. The maximum Gasteiger partial charge on any atom is 0.260 e. The largest absolute Gasteiger partial charge is 0.496 e. The van der Waals surface area contributed by atoms with Crippen molar-refractivity contribution in [3.8, 4) is 16.2 Å². The molecule has 0 aliphatic rings. The Hall–Kier alpha value is -2.09. The Kier molecular flexibility index (Phi) is 5.33. The van der Waals surface area contributed by atoms with Crippen LogP contribution in [0.15, 0.2) is 52.0 Å². The van der Waals surface area contributed by atoms with Crippen molar-refractivity contribution in [2.75, 3.05) is 7.11 Å². The van der Waals surface area contributed by atoms with Gasteiger partial charge in [0.25, 0.3) is 5.56 Å². The van der Waals surface area contributed by atoms with Crippen molar-refractivity contribution in [2.24, 2.45) is 0 Å². The van der Waals surface area contributed by atoms with Gasteiger partial charge >= 0.3 is 0 Å². The Balaban J connectivity index is 1.59. The minimum atomic E-state index is -0.0654. The van der Waals surface area contributed by atoms with E-state index >= 15 is 0 Å². The number of aromatic amines is 1. The van der Waals surface area contributed by atoms with E-state index in [0.717, 1.165) is 32.3 Å². The van der Waals surface area contributed by atoms with E-state index < -0.39 is 0 Å². The van der Waals surface area contributed by atoms with Crippen molar-refractivity contribution in [3.63, 3.8) is 0 Å². The Morgan fingerprint density at radius 3 is 2.85 bits per heavy atom. The summed E-state index contributed by atoms with van der Waals surface area (Å²) in [6.07, 6.45) is 0. The second-order valence-electron chi connectivity index (χ2n) is 6.02. The smallest absolute Gasteiger partial charge is 0.260 e. The summed E-state index contributed by atoms with van der Waals surface area (Å²) in [5, 5.41) is 4.80. The number of thiophene rings is 2. The Labute approximate surface area is 169 Å². The predicted molar refractivity (Wildman–Crippen MR) is 116 cm³/mol. The van der Waals surface area contributed by atoms with Crippen molar-refractivity contribution in [1.82, 2.24) is 9.97 Å². The molecule has 0 fully saturated rings. The lowest BCUT2D eigenvalue weighted by Crippen LogP contribution is -2.12. The van der Waals surface area contributed by atoms with Crippen LogP contribution in [0.5, 0.6) is 5.75 Å². The van der Waals surface area contributed by atoms with E-state index in [0.29, 0.717) is 11.2 Å². The summed E-state index contributed by atoms with van der Waals surface area (Å²) in [6.45, 7) is 2.07. The van der Waals surface area contributed by atoms with Gasteiger partial charge in [-0.15, -0.1) is 34.4 Å². The van der Waals surface area contributed by atoms with Crippen molar-refractivity contribution >= 4 is 44.7 Å². The second kappa shape index (κ2) is 7.88. The first kappa shape index (κ1) is 18.3. The van der Waals surface area contributed by atoms with Gasteiger partial charge in [0, 0.05) is 27.1 Å². The fourth-order valence-corrected chi connectivity index (χ4v) is 5.59. The highest BCUT2D eigenvalue weighted by atomic mass is 32.2. The number of hydrogen-bond donors (Lipinski definition) is 1. The first-order valence-corrected chi connectivity index (χ1v) is 11.3. The van der Waals surface area contributed by atoms with E-state index in [-0.39, 0.29) is 10.8 Å².